The predicted octanol–water partition coefficient (Wildman–Crippen LogP) is 3.02. The van der Waals surface area contributed by atoms with Crippen LogP contribution in [0.3, 0.4) is 0 Å². The van der Waals surface area contributed by atoms with Gasteiger partial charge in [0.2, 0.25) is 0 Å². The lowest BCUT2D eigenvalue weighted by Gasteiger charge is -2.18. The number of phenolic OH excluding ortho intramolecular Hbond substituents is 1. The van der Waals surface area contributed by atoms with Crippen LogP contribution in [0.4, 0.5) is 0 Å². The maximum absolute atomic E-state index is 9.21. The Labute approximate surface area is 97.4 Å². The minimum atomic E-state index is 0.180. The summed E-state index contributed by atoms with van der Waals surface area (Å²) in [7, 11) is 0. The molecule has 2 N–H and O–H groups in total. The van der Waals surface area contributed by atoms with Crippen LogP contribution in [-0.2, 0) is 4.84 Å². The third-order valence-corrected chi connectivity index (χ3v) is 2.35. The van der Waals surface area contributed by atoms with Crippen molar-refractivity contribution in [2.24, 2.45) is 5.92 Å². The normalized spacial score (nSPS) is 13.0. The molecule has 0 aliphatic carbocycles. The summed E-state index contributed by atoms with van der Waals surface area (Å²) < 4.78 is 0. The summed E-state index contributed by atoms with van der Waals surface area (Å²) in [5.41, 5.74) is 4.18. The van der Waals surface area contributed by atoms with E-state index in [-0.39, 0.29) is 6.04 Å². The van der Waals surface area contributed by atoms with E-state index in [0.29, 0.717) is 18.3 Å². The van der Waals surface area contributed by atoms with Crippen LogP contribution in [0, 0.1) is 5.92 Å². The van der Waals surface area contributed by atoms with Gasteiger partial charge < -0.3 is 9.94 Å². The Bertz CT molecular complexity index is 295. The summed E-state index contributed by atoms with van der Waals surface area (Å²) in [5.74, 6) is 0.812. The Balaban J connectivity index is 2.50. The van der Waals surface area contributed by atoms with Gasteiger partial charge in [0.05, 0.1) is 12.6 Å². The Morgan fingerprint density at radius 3 is 2.38 bits per heavy atom. The summed E-state index contributed by atoms with van der Waals surface area (Å²) in [6.45, 7) is 7.03. The minimum absolute atomic E-state index is 0.180. The molecule has 1 atom stereocenters. The van der Waals surface area contributed by atoms with Gasteiger partial charge >= 0.3 is 0 Å². The fraction of sp³-hybridized carbons (Fsp3) is 0.538. The minimum Gasteiger partial charge on any atom is -0.508 e. The molecule has 0 bridgehead atoms. The first-order chi connectivity index (χ1) is 7.63. The van der Waals surface area contributed by atoms with E-state index in [9.17, 15) is 5.11 Å². The number of rotatable bonds is 6. The molecule has 0 saturated carbocycles. The molecule has 1 aromatic rings. The molecule has 0 aliphatic rings. The number of hydroxylamine groups is 1. The van der Waals surface area contributed by atoms with Crippen molar-refractivity contribution in [2.45, 2.75) is 33.2 Å². The summed E-state index contributed by atoms with van der Waals surface area (Å²) in [6, 6.07) is 7.40. The van der Waals surface area contributed by atoms with Crippen LogP contribution in [0.25, 0.3) is 0 Å². The highest BCUT2D eigenvalue weighted by molar-refractivity contribution is 5.27. The summed E-state index contributed by atoms with van der Waals surface area (Å²) in [4.78, 5) is 5.42. The van der Waals surface area contributed by atoms with E-state index < -0.39 is 0 Å². The Kier molecular flexibility index (Phi) is 5.29. The molecule has 16 heavy (non-hydrogen) atoms. The van der Waals surface area contributed by atoms with E-state index in [1.165, 1.54) is 0 Å². The van der Waals surface area contributed by atoms with Crippen LogP contribution in [0.2, 0.25) is 0 Å². The van der Waals surface area contributed by atoms with Crippen molar-refractivity contribution in [3.05, 3.63) is 29.8 Å². The molecule has 0 heterocycles. The van der Waals surface area contributed by atoms with Crippen LogP contribution in [0.1, 0.15) is 38.8 Å². The van der Waals surface area contributed by atoms with Gasteiger partial charge in [-0.3, -0.25) is 0 Å². The Morgan fingerprint density at radius 1 is 1.25 bits per heavy atom. The number of benzene rings is 1. The van der Waals surface area contributed by atoms with Gasteiger partial charge in [-0.2, -0.15) is 5.48 Å². The van der Waals surface area contributed by atoms with Gasteiger partial charge in [-0.05, 0) is 30.0 Å². The molecule has 0 saturated heterocycles. The average molecular weight is 223 g/mol. The van der Waals surface area contributed by atoms with E-state index in [1.54, 1.807) is 12.1 Å². The first-order valence-corrected chi connectivity index (χ1v) is 5.79. The van der Waals surface area contributed by atoms with Crippen LogP contribution in [0.5, 0.6) is 5.75 Å². The summed E-state index contributed by atoms with van der Waals surface area (Å²) in [5, 5.41) is 9.21. The largest absolute Gasteiger partial charge is 0.508 e. The molecule has 0 spiro atoms. The van der Waals surface area contributed by atoms with Gasteiger partial charge in [-0.15, -0.1) is 0 Å². The quantitative estimate of drug-likeness (QED) is 0.728. The third kappa shape index (κ3) is 4.21. The second-order valence-electron chi connectivity index (χ2n) is 4.38. The lowest BCUT2D eigenvalue weighted by atomic mass is 10.1. The van der Waals surface area contributed by atoms with E-state index in [4.69, 9.17) is 4.84 Å². The van der Waals surface area contributed by atoms with E-state index in [1.807, 2.05) is 12.1 Å². The highest BCUT2D eigenvalue weighted by Gasteiger charge is 2.08. The predicted molar refractivity (Wildman–Crippen MR) is 65.1 cm³/mol. The van der Waals surface area contributed by atoms with Crippen molar-refractivity contribution in [3.63, 3.8) is 0 Å². The van der Waals surface area contributed by atoms with Gasteiger partial charge in [0.25, 0.3) is 0 Å². The number of hydrogen-bond acceptors (Lipinski definition) is 3. The van der Waals surface area contributed by atoms with E-state index >= 15 is 0 Å². The van der Waals surface area contributed by atoms with Gasteiger partial charge in [0.15, 0.2) is 0 Å². The molecule has 0 aromatic heterocycles. The fourth-order valence-electron chi connectivity index (χ4n) is 1.41. The van der Waals surface area contributed by atoms with Crippen molar-refractivity contribution in [1.82, 2.24) is 5.48 Å². The fourth-order valence-corrected chi connectivity index (χ4v) is 1.41. The summed E-state index contributed by atoms with van der Waals surface area (Å²) in [6.07, 6.45) is 0.947. The maximum atomic E-state index is 9.21. The number of nitrogens with one attached hydrogen (secondary N) is 1. The zero-order chi connectivity index (χ0) is 12.0. The highest BCUT2D eigenvalue weighted by atomic mass is 16.6. The molecule has 0 radical (unpaired) electrons. The maximum Gasteiger partial charge on any atom is 0.115 e. The molecular formula is C13H21NO2. The average Bonchev–Trinajstić information content (AvgIpc) is 2.26. The molecule has 1 aromatic carbocycles. The molecule has 1 rings (SSSR count). The van der Waals surface area contributed by atoms with Crippen LogP contribution in [0.15, 0.2) is 24.3 Å². The van der Waals surface area contributed by atoms with Gasteiger partial charge in [-0.25, -0.2) is 0 Å². The van der Waals surface area contributed by atoms with Crippen molar-refractivity contribution < 1.29 is 9.94 Å². The van der Waals surface area contributed by atoms with Crippen molar-refractivity contribution >= 4 is 0 Å². The van der Waals surface area contributed by atoms with Gasteiger partial charge in [-0.1, -0.05) is 32.9 Å². The first kappa shape index (κ1) is 13.0. The lowest BCUT2D eigenvalue weighted by Crippen LogP contribution is -2.23. The summed E-state index contributed by atoms with van der Waals surface area (Å²) >= 11 is 0. The van der Waals surface area contributed by atoms with Crippen LogP contribution >= 0.6 is 0 Å². The topological polar surface area (TPSA) is 41.5 Å². The molecule has 0 fully saturated rings. The van der Waals surface area contributed by atoms with Crippen molar-refractivity contribution in [2.75, 3.05) is 6.61 Å². The second kappa shape index (κ2) is 6.51. The van der Waals surface area contributed by atoms with E-state index in [2.05, 4.69) is 26.3 Å². The second-order valence-corrected chi connectivity index (χ2v) is 4.38. The molecule has 0 amide bonds. The van der Waals surface area contributed by atoms with Gasteiger partial charge in [0, 0.05) is 0 Å². The molecule has 0 aliphatic heterocycles. The lowest BCUT2D eigenvalue weighted by molar-refractivity contribution is -0.000589. The molecule has 90 valence electrons. The van der Waals surface area contributed by atoms with Crippen LogP contribution < -0.4 is 5.48 Å². The number of aromatic hydroxyl groups is 1. The number of hydrogen-bond donors (Lipinski definition) is 2. The molecule has 3 heteroatoms. The Hall–Kier alpha value is -1.06. The molecule has 1 unspecified atom stereocenters. The Morgan fingerprint density at radius 2 is 1.88 bits per heavy atom. The first-order valence-electron chi connectivity index (χ1n) is 5.79. The third-order valence-electron chi connectivity index (χ3n) is 2.35. The van der Waals surface area contributed by atoms with Crippen molar-refractivity contribution in [1.29, 1.82) is 0 Å². The molecular weight excluding hydrogens is 202 g/mol. The van der Waals surface area contributed by atoms with E-state index in [0.717, 1.165) is 12.0 Å². The highest BCUT2D eigenvalue weighted by Crippen LogP contribution is 2.19. The smallest absolute Gasteiger partial charge is 0.115 e. The van der Waals surface area contributed by atoms with Crippen molar-refractivity contribution in [3.8, 4) is 5.75 Å². The van der Waals surface area contributed by atoms with Crippen LogP contribution in [-0.4, -0.2) is 11.7 Å². The molecule has 3 nitrogen and oxygen atoms in total. The monoisotopic (exact) mass is 223 g/mol. The number of phenols is 1. The zero-order valence-electron chi connectivity index (χ0n) is 10.2. The SMILES string of the molecule is CCC(NOCC(C)C)c1ccc(O)cc1. The van der Waals surface area contributed by atoms with Gasteiger partial charge in [0.1, 0.15) is 5.75 Å². The zero-order valence-corrected chi connectivity index (χ0v) is 10.2. The standard InChI is InChI=1S/C13H21NO2/c1-4-13(14-16-9-10(2)3)11-5-7-12(15)8-6-11/h5-8,10,13-15H,4,9H2,1-3H3.